The molecule has 0 atom stereocenters. The predicted octanol–water partition coefficient (Wildman–Crippen LogP) is 1.62. The van der Waals surface area contributed by atoms with Crippen LogP contribution in [-0.4, -0.2) is 37.7 Å². The summed E-state index contributed by atoms with van der Waals surface area (Å²) >= 11 is 0. The number of furan rings is 1. The normalized spacial score (nSPS) is 10.4. The molecule has 0 aliphatic rings. The molecule has 3 rings (SSSR count). The van der Waals surface area contributed by atoms with E-state index in [1.165, 1.54) is 6.07 Å². The van der Waals surface area contributed by atoms with Crippen molar-refractivity contribution in [1.29, 1.82) is 0 Å². The second kappa shape index (κ2) is 4.00. The van der Waals surface area contributed by atoms with Crippen molar-refractivity contribution in [3.8, 4) is 0 Å². The van der Waals surface area contributed by atoms with E-state index in [4.69, 9.17) is 8.83 Å². The molecule has 72 valence electrons. The molecule has 4 heteroatoms. The summed E-state index contributed by atoms with van der Waals surface area (Å²) < 4.78 is 10.2. The van der Waals surface area contributed by atoms with Gasteiger partial charge in [-0.1, -0.05) is 0 Å². The first-order valence-corrected chi connectivity index (χ1v) is 4.24. The van der Waals surface area contributed by atoms with E-state index in [1.54, 1.807) is 18.4 Å². The number of hydrogen-bond acceptors (Lipinski definition) is 3. The molecule has 0 N–H and O–H groups in total. The Morgan fingerprint density at radius 2 is 1.73 bits per heavy atom. The van der Waals surface area contributed by atoms with E-state index in [1.807, 2.05) is 12.1 Å². The van der Waals surface area contributed by atoms with Crippen LogP contribution in [0.4, 0.5) is 0 Å². The van der Waals surface area contributed by atoms with E-state index in [9.17, 15) is 4.79 Å². The second-order valence-corrected chi connectivity index (χ2v) is 3.10. The van der Waals surface area contributed by atoms with Gasteiger partial charge in [0.15, 0.2) is 0 Å². The maximum atomic E-state index is 11.0. The molecule has 1 aromatic carbocycles. The molecule has 2 aromatic heterocycles. The molecule has 15 heavy (non-hydrogen) atoms. The molecule has 0 fully saturated rings. The van der Waals surface area contributed by atoms with E-state index in [-0.39, 0.29) is 43.4 Å². The summed E-state index contributed by atoms with van der Waals surface area (Å²) in [5.74, 6) is 0. The SMILES string of the molecule is O=c1ccc2cc3ccoc3cc2o1.[CaH2]. The third-order valence-corrected chi connectivity index (χ3v) is 2.19. The van der Waals surface area contributed by atoms with Crippen LogP contribution in [0.15, 0.2) is 50.2 Å². The minimum atomic E-state index is -0.344. The van der Waals surface area contributed by atoms with E-state index < -0.39 is 0 Å². The Hall–Kier alpha value is -0.770. The maximum absolute atomic E-state index is 11.0. The fraction of sp³-hybridized carbons (Fsp3) is 0. The summed E-state index contributed by atoms with van der Waals surface area (Å²) in [6.45, 7) is 0. The summed E-state index contributed by atoms with van der Waals surface area (Å²) in [7, 11) is 0. The Balaban J connectivity index is 0.000000853. The fourth-order valence-corrected chi connectivity index (χ4v) is 1.53. The Morgan fingerprint density at radius 1 is 0.933 bits per heavy atom. The average Bonchev–Trinajstić information content (AvgIpc) is 2.61. The van der Waals surface area contributed by atoms with E-state index >= 15 is 0 Å². The van der Waals surface area contributed by atoms with Crippen LogP contribution in [0.1, 0.15) is 0 Å². The summed E-state index contributed by atoms with van der Waals surface area (Å²) in [5.41, 5.74) is 0.940. The third-order valence-electron chi connectivity index (χ3n) is 2.19. The molecule has 0 spiro atoms. The van der Waals surface area contributed by atoms with Gasteiger partial charge in [0.25, 0.3) is 0 Å². The standard InChI is InChI=1S/C11H6O3.Ca.2H/c12-11-2-1-7-5-8-3-4-13-9(8)6-10(7)14-11;;;/h1-6H;;;. The Bertz CT molecular complexity index is 666. The van der Waals surface area contributed by atoms with Gasteiger partial charge in [0, 0.05) is 22.9 Å². The van der Waals surface area contributed by atoms with Gasteiger partial charge in [-0.15, -0.1) is 0 Å². The van der Waals surface area contributed by atoms with Crippen LogP contribution in [0.5, 0.6) is 0 Å². The van der Waals surface area contributed by atoms with Gasteiger partial charge in [0.05, 0.1) is 6.26 Å². The molecule has 0 saturated carbocycles. The van der Waals surface area contributed by atoms with Crippen molar-refractivity contribution >= 4 is 59.7 Å². The van der Waals surface area contributed by atoms with Crippen LogP contribution in [0.2, 0.25) is 0 Å². The Labute approximate surface area is 115 Å². The molecule has 0 aliphatic heterocycles. The first kappa shape index (κ1) is 10.7. The van der Waals surface area contributed by atoms with Gasteiger partial charge in [-0.2, -0.15) is 0 Å². The monoisotopic (exact) mass is 228 g/mol. The summed E-state index contributed by atoms with van der Waals surface area (Å²) in [5, 5.41) is 1.91. The van der Waals surface area contributed by atoms with Gasteiger partial charge in [0.1, 0.15) is 11.2 Å². The van der Waals surface area contributed by atoms with Gasteiger partial charge >= 0.3 is 43.4 Å². The van der Waals surface area contributed by atoms with Crippen LogP contribution in [-0.2, 0) is 0 Å². The van der Waals surface area contributed by atoms with E-state index in [0.29, 0.717) is 5.58 Å². The Morgan fingerprint density at radius 3 is 2.60 bits per heavy atom. The van der Waals surface area contributed by atoms with Crippen molar-refractivity contribution in [1.82, 2.24) is 0 Å². The first-order valence-electron chi connectivity index (χ1n) is 4.24. The van der Waals surface area contributed by atoms with Gasteiger partial charge in [-0.3, -0.25) is 0 Å². The number of hydrogen-bond donors (Lipinski definition) is 0. The molecule has 0 bridgehead atoms. The van der Waals surface area contributed by atoms with Crippen LogP contribution >= 0.6 is 0 Å². The van der Waals surface area contributed by atoms with Crippen LogP contribution in [0.25, 0.3) is 21.9 Å². The molecule has 0 aliphatic carbocycles. The van der Waals surface area contributed by atoms with Gasteiger partial charge in [-0.05, 0) is 18.2 Å². The van der Waals surface area contributed by atoms with Crippen molar-refractivity contribution in [2.75, 3.05) is 0 Å². The molecule has 0 amide bonds. The molecule has 0 unspecified atom stereocenters. The summed E-state index contributed by atoms with van der Waals surface area (Å²) in [6.07, 6.45) is 1.61. The number of rotatable bonds is 0. The predicted molar refractivity (Wildman–Crippen MR) is 60.8 cm³/mol. The van der Waals surface area contributed by atoms with Crippen LogP contribution < -0.4 is 5.63 Å². The van der Waals surface area contributed by atoms with Crippen LogP contribution in [0, 0.1) is 0 Å². The van der Waals surface area contributed by atoms with Gasteiger partial charge in [0.2, 0.25) is 0 Å². The fourth-order valence-electron chi connectivity index (χ4n) is 1.53. The van der Waals surface area contributed by atoms with E-state index in [2.05, 4.69) is 0 Å². The van der Waals surface area contributed by atoms with Crippen molar-refractivity contribution in [3.63, 3.8) is 0 Å². The molecular weight excluding hydrogens is 220 g/mol. The molecule has 2 heterocycles. The van der Waals surface area contributed by atoms with Gasteiger partial charge < -0.3 is 8.83 Å². The zero-order chi connectivity index (χ0) is 9.54. The van der Waals surface area contributed by atoms with Gasteiger partial charge in [-0.25, -0.2) is 4.79 Å². The molecular formula is C11H8CaO3. The quantitative estimate of drug-likeness (QED) is 0.434. The first-order chi connectivity index (χ1) is 6.83. The molecule has 3 nitrogen and oxygen atoms in total. The summed E-state index contributed by atoms with van der Waals surface area (Å²) in [6, 6.07) is 8.69. The van der Waals surface area contributed by atoms with Crippen LogP contribution in [0.3, 0.4) is 0 Å². The van der Waals surface area contributed by atoms with Crippen molar-refractivity contribution < 1.29 is 8.83 Å². The Kier molecular flexibility index (Phi) is 2.87. The molecule has 3 aromatic rings. The number of fused-ring (bicyclic) bond motifs is 2. The van der Waals surface area contributed by atoms with E-state index in [0.717, 1.165) is 16.4 Å². The second-order valence-electron chi connectivity index (χ2n) is 3.10. The number of benzene rings is 1. The zero-order valence-electron chi connectivity index (χ0n) is 7.19. The van der Waals surface area contributed by atoms with Crippen molar-refractivity contribution in [3.05, 3.63) is 47.0 Å². The topological polar surface area (TPSA) is 43.4 Å². The average molecular weight is 228 g/mol. The minimum absolute atomic E-state index is 0. The third kappa shape index (κ3) is 1.83. The molecule has 0 saturated heterocycles. The van der Waals surface area contributed by atoms with Crippen molar-refractivity contribution in [2.24, 2.45) is 0 Å². The van der Waals surface area contributed by atoms with Crippen molar-refractivity contribution in [2.45, 2.75) is 0 Å². The molecule has 0 radical (unpaired) electrons. The summed E-state index contributed by atoms with van der Waals surface area (Å²) in [4.78, 5) is 11.0. The zero-order valence-corrected chi connectivity index (χ0v) is 7.19.